The highest BCUT2D eigenvalue weighted by atomic mass is 32.1. The first kappa shape index (κ1) is 12.3. The Bertz CT molecular complexity index is 547. The summed E-state index contributed by atoms with van der Waals surface area (Å²) < 4.78 is 4.99. The van der Waals surface area contributed by atoms with Gasteiger partial charge >= 0.3 is 0 Å². The first-order valence-electron chi connectivity index (χ1n) is 5.37. The Balaban J connectivity index is 1.94. The highest BCUT2D eigenvalue weighted by Gasteiger charge is 2.07. The van der Waals surface area contributed by atoms with Crippen LogP contribution in [0.3, 0.4) is 0 Å². The van der Waals surface area contributed by atoms with Gasteiger partial charge in [0.1, 0.15) is 4.99 Å². The second kappa shape index (κ2) is 5.46. The Morgan fingerprint density at radius 3 is 2.56 bits per heavy atom. The highest BCUT2D eigenvalue weighted by molar-refractivity contribution is 7.80. The van der Waals surface area contributed by atoms with Crippen LogP contribution in [0.2, 0.25) is 0 Å². The minimum absolute atomic E-state index is 0.238. The molecule has 0 saturated heterocycles. The molecule has 18 heavy (non-hydrogen) atoms. The molecule has 0 aliphatic heterocycles. The van der Waals surface area contributed by atoms with Crippen LogP contribution in [-0.2, 0) is 6.54 Å². The van der Waals surface area contributed by atoms with Crippen molar-refractivity contribution >= 4 is 23.1 Å². The number of nitrogens with one attached hydrogen (secondary N) is 1. The number of hydrogen-bond acceptors (Lipinski definition) is 3. The van der Waals surface area contributed by atoms with Gasteiger partial charge in [-0.3, -0.25) is 4.79 Å². The Kier molecular flexibility index (Phi) is 3.74. The molecular weight excluding hydrogens is 248 g/mol. The van der Waals surface area contributed by atoms with Crippen molar-refractivity contribution in [3.05, 3.63) is 59.5 Å². The van der Waals surface area contributed by atoms with Crippen LogP contribution < -0.4 is 11.1 Å². The van der Waals surface area contributed by atoms with Gasteiger partial charge in [-0.2, -0.15) is 0 Å². The average molecular weight is 260 g/mol. The zero-order chi connectivity index (χ0) is 13.0. The third-order valence-corrected chi connectivity index (χ3v) is 2.67. The summed E-state index contributed by atoms with van der Waals surface area (Å²) in [6.07, 6.45) is 1.46. The molecule has 92 valence electrons. The summed E-state index contributed by atoms with van der Waals surface area (Å²) in [5.41, 5.74) is 7.28. The number of benzene rings is 1. The maximum absolute atomic E-state index is 11.6. The number of carbonyl (C=O) groups excluding carboxylic acids is 1. The molecule has 0 spiro atoms. The van der Waals surface area contributed by atoms with Crippen LogP contribution in [0, 0.1) is 0 Å². The monoisotopic (exact) mass is 260 g/mol. The SMILES string of the molecule is NC(=S)c1ccc(CNC(=O)c2ccco2)cc1. The van der Waals surface area contributed by atoms with Gasteiger partial charge in [-0.25, -0.2) is 0 Å². The molecule has 4 nitrogen and oxygen atoms in total. The van der Waals surface area contributed by atoms with Crippen molar-refractivity contribution in [3.8, 4) is 0 Å². The fraction of sp³-hybridized carbons (Fsp3) is 0.0769. The van der Waals surface area contributed by atoms with Gasteiger partial charge in [0.25, 0.3) is 5.91 Å². The second-order valence-corrected chi connectivity index (χ2v) is 4.16. The zero-order valence-electron chi connectivity index (χ0n) is 9.55. The van der Waals surface area contributed by atoms with Gasteiger partial charge in [0.15, 0.2) is 5.76 Å². The average Bonchev–Trinajstić information content (AvgIpc) is 2.90. The maximum atomic E-state index is 11.6. The molecule has 5 heteroatoms. The lowest BCUT2D eigenvalue weighted by molar-refractivity contribution is 0.0923. The summed E-state index contributed by atoms with van der Waals surface area (Å²) in [6, 6.07) is 10.7. The van der Waals surface area contributed by atoms with Crippen molar-refractivity contribution in [2.75, 3.05) is 0 Å². The molecule has 0 unspecified atom stereocenters. The Hall–Kier alpha value is -2.14. The number of amides is 1. The van der Waals surface area contributed by atoms with E-state index in [2.05, 4.69) is 5.32 Å². The molecule has 2 rings (SSSR count). The van der Waals surface area contributed by atoms with Gasteiger partial charge in [0.05, 0.1) is 6.26 Å². The van der Waals surface area contributed by atoms with E-state index in [0.29, 0.717) is 17.3 Å². The lowest BCUT2D eigenvalue weighted by Crippen LogP contribution is -2.22. The minimum Gasteiger partial charge on any atom is -0.459 e. The van der Waals surface area contributed by atoms with Crippen LogP contribution >= 0.6 is 12.2 Å². The molecule has 2 aromatic rings. The van der Waals surface area contributed by atoms with Crippen molar-refractivity contribution in [2.45, 2.75) is 6.54 Å². The highest BCUT2D eigenvalue weighted by Crippen LogP contribution is 2.05. The number of hydrogen-bond donors (Lipinski definition) is 2. The zero-order valence-corrected chi connectivity index (χ0v) is 10.4. The van der Waals surface area contributed by atoms with Gasteiger partial charge in [-0.15, -0.1) is 0 Å². The van der Waals surface area contributed by atoms with E-state index in [0.717, 1.165) is 11.1 Å². The van der Waals surface area contributed by atoms with Crippen molar-refractivity contribution in [3.63, 3.8) is 0 Å². The number of nitrogens with two attached hydrogens (primary N) is 1. The third kappa shape index (κ3) is 2.95. The smallest absolute Gasteiger partial charge is 0.287 e. The topological polar surface area (TPSA) is 68.3 Å². The van der Waals surface area contributed by atoms with Crippen LogP contribution in [0.1, 0.15) is 21.7 Å². The van der Waals surface area contributed by atoms with Crippen molar-refractivity contribution < 1.29 is 9.21 Å². The third-order valence-electron chi connectivity index (χ3n) is 2.44. The summed E-state index contributed by atoms with van der Waals surface area (Å²) >= 11 is 4.86. The van der Waals surface area contributed by atoms with Gasteiger partial charge in [-0.1, -0.05) is 36.5 Å². The van der Waals surface area contributed by atoms with Crippen molar-refractivity contribution in [2.24, 2.45) is 5.73 Å². The number of rotatable bonds is 4. The lowest BCUT2D eigenvalue weighted by Gasteiger charge is -2.04. The quantitative estimate of drug-likeness (QED) is 0.823. The van der Waals surface area contributed by atoms with Crippen LogP contribution in [0.5, 0.6) is 0 Å². The second-order valence-electron chi connectivity index (χ2n) is 3.72. The van der Waals surface area contributed by atoms with Crippen LogP contribution in [0.25, 0.3) is 0 Å². The molecule has 0 atom stereocenters. The molecule has 1 amide bonds. The number of furan rings is 1. The molecule has 0 aliphatic rings. The molecular formula is C13H12N2O2S. The molecule has 1 aromatic heterocycles. The largest absolute Gasteiger partial charge is 0.459 e. The van der Waals surface area contributed by atoms with Gasteiger partial charge in [-0.05, 0) is 17.7 Å². The van der Waals surface area contributed by atoms with E-state index in [-0.39, 0.29) is 5.91 Å². The standard InChI is InChI=1S/C13H12N2O2S/c14-12(18)10-5-3-9(4-6-10)8-15-13(16)11-2-1-7-17-11/h1-7H,8H2,(H2,14,18)(H,15,16). The normalized spacial score (nSPS) is 10.0. The molecule has 0 fully saturated rings. The molecule has 0 bridgehead atoms. The fourth-order valence-electron chi connectivity index (χ4n) is 1.46. The van der Waals surface area contributed by atoms with E-state index in [1.165, 1.54) is 6.26 Å². The molecule has 1 aromatic carbocycles. The van der Waals surface area contributed by atoms with E-state index in [4.69, 9.17) is 22.4 Å². The van der Waals surface area contributed by atoms with E-state index >= 15 is 0 Å². The minimum atomic E-state index is -0.238. The summed E-state index contributed by atoms with van der Waals surface area (Å²) in [6.45, 7) is 0.428. The van der Waals surface area contributed by atoms with Crippen molar-refractivity contribution in [1.29, 1.82) is 0 Å². The first-order chi connectivity index (χ1) is 8.66. The van der Waals surface area contributed by atoms with Gasteiger partial charge in [0.2, 0.25) is 0 Å². The summed E-state index contributed by atoms with van der Waals surface area (Å²) in [5.74, 6) is 0.0631. The van der Waals surface area contributed by atoms with E-state index in [9.17, 15) is 4.79 Å². The summed E-state index contributed by atoms with van der Waals surface area (Å²) in [5, 5.41) is 2.75. The van der Waals surface area contributed by atoms with Crippen LogP contribution in [0.4, 0.5) is 0 Å². The predicted octanol–water partition coefficient (Wildman–Crippen LogP) is 1.84. The molecule has 3 N–H and O–H groups in total. The van der Waals surface area contributed by atoms with E-state index < -0.39 is 0 Å². The van der Waals surface area contributed by atoms with Crippen LogP contribution in [0.15, 0.2) is 47.1 Å². The lowest BCUT2D eigenvalue weighted by atomic mass is 10.1. The predicted molar refractivity (Wildman–Crippen MR) is 72.2 cm³/mol. The van der Waals surface area contributed by atoms with Gasteiger partial charge < -0.3 is 15.5 Å². The Morgan fingerprint density at radius 1 is 1.28 bits per heavy atom. The molecule has 0 radical (unpaired) electrons. The Morgan fingerprint density at radius 2 is 2.00 bits per heavy atom. The number of thiocarbonyl (C=S) groups is 1. The van der Waals surface area contributed by atoms with E-state index in [1.807, 2.05) is 24.3 Å². The van der Waals surface area contributed by atoms with Crippen LogP contribution in [-0.4, -0.2) is 10.9 Å². The van der Waals surface area contributed by atoms with Crippen molar-refractivity contribution in [1.82, 2.24) is 5.32 Å². The molecule has 0 aliphatic carbocycles. The first-order valence-corrected chi connectivity index (χ1v) is 5.78. The summed E-state index contributed by atoms with van der Waals surface area (Å²) in [4.78, 5) is 12.0. The molecule has 1 heterocycles. The molecule has 0 saturated carbocycles. The Labute approximate surface area is 110 Å². The fourth-order valence-corrected chi connectivity index (χ4v) is 1.60. The number of carbonyl (C=O) groups is 1. The summed E-state index contributed by atoms with van der Waals surface area (Å²) in [7, 11) is 0. The van der Waals surface area contributed by atoms with E-state index in [1.54, 1.807) is 12.1 Å². The van der Waals surface area contributed by atoms with Gasteiger partial charge in [0, 0.05) is 12.1 Å². The maximum Gasteiger partial charge on any atom is 0.287 e.